The number of ketones is 1. The number of amides is 4. The van der Waals surface area contributed by atoms with Crippen LogP contribution < -0.4 is 0 Å². The van der Waals surface area contributed by atoms with Crippen molar-refractivity contribution in [1.82, 2.24) is 14.4 Å². The Morgan fingerprint density at radius 3 is 2.13 bits per heavy atom. The Bertz CT molecular complexity index is 1010. The average Bonchev–Trinajstić information content (AvgIpc) is 3.11. The van der Waals surface area contributed by atoms with Gasteiger partial charge in [-0.25, -0.2) is 9.69 Å². The number of hydrogen-bond donors (Lipinski definition) is 0. The minimum Gasteiger partial charge on any atom is -0.341 e. The molecule has 4 amide bonds. The quantitative estimate of drug-likeness (QED) is 0.399. The summed E-state index contributed by atoms with van der Waals surface area (Å²) in [5.41, 5.74) is 3.23. The van der Waals surface area contributed by atoms with Crippen LogP contribution in [0, 0.1) is 19.8 Å². The Kier molecular flexibility index (Phi) is 5.92. The Hall–Kier alpha value is -3.22. The van der Waals surface area contributed by atoms with E-state index in [9.17, 15) is 19.2 Å². The standard InChI is InChI=1S/C23H27N3O4/c1-14(2)12-24-21(28)22(29)25(23(24)30)13-20(27)19-11-15(3)26(17(19)5)16(4)18-9-7-6-8-10-18/h6-11,14,16H,12-13H2,1-5H3/t16-/m0/s1. The third-order valence-electron chi connectivity index (χ3n) is 5.44. The number of aryl methyl sites for hydroxylation is 1. The van der Waals surface area contributed by atoms with Crippen molar-refractivity contribution in [3.63, 3.8) is 0 Å². The van der Waals surface area contributed by atoms with Gasteiger partial charge in [-0.15, -0.1) is 0 Å². The van der Waals surface area contributed by atoms with Crippen LogP contribution in [-0.4, -0.2) is 51.1 Å². The highest BCUT2D eigenvalue weighted by Gasteiger charge is 2.45. The molecule has 30 heavy (non-hydrogen) atoms. The summed E-state index contributed by atoms with van der Waals surface area (Å²) in [6, 6.07) is 11.0. The van der Waals surface area contributed by atoms with Crippen LogP contribution >= 0.6 is 0 Å². The molecule has 2 heterocycles. The molecule has 1 aliphatic heterocycles. The molecular formula is C23H27N3O4. The summed E-state index contributed by atoms with van der Waals surface area (Å²) in [6.07, 6.45) is 0. The number of imide groups is 2. The molecule has 2 aromatic rings. The molecule has 1 saturated heterocycles. The number of urea groups is 1. The summed E-state index contributed by atoms with van der Waals surface area (Å²) in [6.45, 7) is 9.23. The molecule has 1 aromatic carbocycles. The van der Waals surface area contributed by atoms with Crippen molar-refractivity contribution in [2.45, 2.75) is 40.7 Å². The maximum atomic E-state index is 13.0. The van der Waals surface area contributed by atoms with E-state index in [0.717, 1.165) is 26.8 Å². The predicted octanol–water partition coefficient (Wildman–Crippen LogP) is 3.34. The number of rotatable bonds is 7. The molecule has 0 saturated carbocycles. The van der Waals surface area contributed by atoms with Crippen molar-refractivity contribution in [3.8, 4) is 0 Å². The molecule has 1 fully saturated rings. The van der Waals surface area contributed by atoms with Crippen LogP contribution in [-0.2, 0) is 9.59 Å². The smallest absolute Gasteiger partial charge is 0.334 e. The first kappa shape index (κ1) is 21.5. The lowest BCUT2D eigenvalue weighted by molar-refractivity contribution is -0.143. The Labute approximate surface area is 176 Å². The zero-order valence-electron chi connectivity index (χ0n) is 18.0. The monoisotopic (exact) mass is 409 g/mol. The minimum atomic E-state index is -0.944. The molecule has 0 radical (unpaired) electrons. The van der Waals surface area contributed by atoms with Crippen LogP contribution in [0.2, 0.25) is 0 Å². The summed E-state index contributed by atoms with van der Waals surface area (Å²) >= 11 is 0. The average molecular weight is 409 g/mol. The van der Waals surface area contributed by atoms with Gasteiger partial charge in [0.05, 0.1) is 12.6 Å². The van der Waals surface area contributed by atoms with Crippen LogP contribution in [0.5, 0.6) is 0 Å². The normalized spacial score (nSPS) is 15.5. The third kappa shape index (κ3) is 3.79. The van der Waals surface area contributed by atoms with Crippen LogP contribution in [0.15, 0.2) is 36.4 Å². The summed E-state index contributed by atoms with van der Waals surface area (Å²) < 4.78 is 2.06. The molecule has 3 rings (SSSR count). The van der Waals surface area contributed by atoms with E-state index in [2.05, 4.69) is 11.5 Å². The second-order valence-corrected chi connectivity index (χ2v) is 8.15. The van der Waals surface area contributed by atoms with E-state index < -0.39 is 24.4 Å². The van der Waals surface area contributed by atoms with E-state index >= 15 is 0 Å². The number of nitrogens with zero attached hydrogens (tertiary/aromatic N) is 3. The molecule has 0 unspecified atom stereocenters. The topological polar surface area (TPSA) is 79.7 Å². The van der Waals surface area contributed by atoms with E-state index in [1.54, 1.807) is 6.07 Å². The largest absolute Gasteiger partial charge is 0.341 e. The van der Waals surface area contributed by atoms with E-state index in [0.29, 0.717) is 5.56 Å². The molecule has 1 aliphatic rings. The first-order chi connectivity index (χ1) is 14.1. The predicted molar refractivity (Wildman–Crippen MR) is 112 cm³/mol. The van der Waals surface area contributed by atoms with Gasteiger partial charge in [0.1, 0.15) is 0 Å². The summed E-state index contributed by atoms with van der Waals surface area (Å²) in [5.74, 6) is -2.15. The molecule has 1 aromatic heterocycles. The fourth-order valence-corrected chi connectivity index (χ4v) is 3.98. The Morgan fingerprint density at radius 2 is 1.53 bits per heavy atom. The van der Waals surface area contributed by atoms with Gasteiger partial charge in [0, 0.05) is 23.5 Å². The summed E-state index contributed by atoms with van der Waals surface area (Å²) in [7, 11) is 0. The molecule has 0 aliphatic carbocycles. The molecule has 7 heteroatoms. The lowest BCUT2D eigenvalue weighted by Gasteiger charge is -2.19. The second-order valence-electron chi connectivity index (χ2n) is 8.15. The molecule has 7 nitrogen and oxygen atoms in total. The van der Waals surface area contributed by atoms with Crippen molar-refractivity contribution in [2.75, 3.05) is 13.1 Å². The van der Waals surface area contributed by atoms with Gasteiger partial charge in [-0.2, -0.15) is 0 Å². The Balaban J connectivity index is 1.84. The van der Waals surface area contributed by atoms with Crippen LogP contribution in [0.4, 0.5) is 4.79 Å². The Morgan fingerprint density at radius 1 is 0.933 bits per heavy atom. The lowest BCUT2D eigenvalue weighted by atomic mass is 10.1. The van der Waals surface area contributed by atoms with Gasteiger partial charge in [-0.05, 0) is 38.3 Å². The maximum Gasteiger partial charge on any atom is 0.334 e. The van der Waals surface area contributed by atoms with Gasteiger partial charge < -0.3 is 4.57 Å². The highest BCUT2D eigenvalue weighted by Crippen LogP contribution is 2.26. The van der Waals surface area contributed by atoms with Crippen LogP contribution in [0.3, 0.4) is 0 Å². The molecule has 0 N–H and O–H groups in total. The van der Waals surface area contributed by atoms with Gasteiger partial charge in [-0.1, -0.05) is 44.2 Å². The van der Waals surface area contributed by atoms with Crippen molar-refractivity contribution < 1.29 is 19.2 Å². The summed E-state index contributed by atoms with van der Waals surface area (Å²) in [4.78, 5) is 51.6. The SMILES string of the molecule is Cc1cc(C(=O)CN2C(=O)C(=O)N(CC(C)C)C2=O)c(C)n1[C@@H](C)c1ccccc1. The van der Waals surface area contributed by atoms with Gasteiger partial charge in [0.15, 0.2) is 5.78 Å². The molecular weight excluding hydrogens is 382 g/mol. The van der Waals surface area contributed by atoms with Gasteiger partial charge >= 0.3 is 17.8 Å². The maximum absolute atomic E-state index is 13.0. The fraction of sp³-hybridized carbons (Fsp3) is 0.391. The number of carbonyl (C=O) groups is 4. The first-order valence-electron chi connectivity index (χ1n) is 10.1. The number of carbonyl (C=O) groups excluding carboxylic acids is 4. The first-order valence-corrected chi connectivity index (χ1v) is 10.1. The number of hydrogen-bond acceptors (Lipinski definition) is 4. The van der Waals surface area contributed by atoms with Crippen molar-refractivity contribution in [1.29, 1.82) is 0 Å². The van der Waals surface area contributed by atoms with Gasteiger partial charge in [-0.3, -0.25) is 19.3 Å². The lowest BCUT2D eigenvalue weighted by Crippen LogP contribution is -2.38. The summed E-state index contributed by atoms with van der Waals surface area (Å²) in [5, 5.41) is 0. The van der Waals surface area contributed by atoms with Crippen molar-refractivity contribution >= 4 is 23.6 Å². The molecule has 0 bridgehead atoms. The number of Topliss-reactive ketones (excluding diaryl/α,β-unsaturated/α-hetero) is 1. The fourth-order valence-electron chi connectivity index (χ4n) is 3.98. The van der Waals surface area contributed by atoms with E-state index in [1.165, 1.54) is 0 Å². The number of aromatic nitrogens is 1. The van der Waals surface area contributed by atoms with Crippen molar-refractivity contribution in [3.05, 3.63) is 58.9 Å². The molecule has 1 atom stereocenters. The van der Waals surface area contributed by atoms with E-state index in [4.69, 9.17) is 0 Å². The van der Waals surface area contributed by atoms with Crippen LogP contribution in [0.1, 0.15) is 54.1 Å². The molecule has 0 spiro atoms. The zero-order chi connectivity index (χ0) is 22.2. The van der Waals surface area contributed by atoms with Gasteiger partial charge in [0.2, 0.25) is 0 Å². The second kappa shape index (κ2) is 8.26. The third-order valence-corrected chi connectivity index (χ3v) is 5.44. The minimum absolute atomic E-state index is 0.0194. The zero-order valence-corrected chi connectivity index (χ0v) is 18.0. The highest BCUT2D eigenvalue weighted by atomic mass is 16.2. The van der Waals surface area contributed by atoms with Crippen LogP contribution in [0.25, 0.3) is 0 Å². The van der Waals surface area contributed by atoms with E-state index in [1.807, 2.05) is 58.0 Å². The molecule has 158 valence electrons. The number of benzene rings is 1. The van der Waals surface area contributed by atoms with E-state index in [-0.39, 0.29) is 24.3 Å². The van der Waals surface area contributed by atoms with Gasteiger partial charge in [0.25, 0.3) is 0 Å². The highest BCUT2D eigenvalue weighted by molar-refractivity contribution is 6.45. The van der Waals surface area contributed by atoms with Crippen molar-refractivity contribution in [2.24, 2.45) is 5.92 Å².